The van der Waals surface area contributed by atoms with E-state index in [1.54, 1.807) is 6.20 Å². The summed E-state index contributed by atoms with van der Waals surface area (Å²) in [5, 5.41) is 7.93. The number of nitrogens with one attached hydrogen (secondary N) is 3. The summed E-state index contributed by atoms with van der Waals surface area (Å²) in [6, 6.07) is 2.89. The predicted octanol–water partition coefficient (Wildman–Crippen LogP) is 1.09. The van der Waals surface area contributed by atoms with Gasteiger partial charge >= 0.3 is 6.03 Å². The molecule has 2 aliphatic rings. The van der Waals surface area contributed by atoms with E-state index in [4.69, 9.17) is 4.74 Å². The number of amides is 3. The maximum Gasteiger partial charge on any atom is 0.315 e. The third kappa shape index (κ3) is 4.34. The summed E-state index contributed by atoms with van der Waals surface area (Å²) in [7, 11) is 0. The molecule has 0 spiro atoms. The van der Waals surface area contributed by atoms with E-state index in [0.29, 0.717) is 19.0 Å². The van der Waals surface area contributed by atoms with Crippen molar-refractivity contribution in [1.82, 2.24) is 20.9 Å². The van der Waals surface area contributed by atoms with Crippen molar-refractivity contribution in [3.8, 4) is 5.88 Å². The molecule has 2 heterocycles. The van der Waals surface area contributed by atoms with Crippen molar-refractivity contribution in [1.29, 1.82) is 0 Å². The minimum absolute atomic E-state index is 0.199. The molecule has 0 unspecified atom stereocenters. The number of nitrogens with zero attached hydrogens (tertiary/aromatic N) is 1. The highest BCUT2D eigenvalue weighted by Crippen LogP contribution is 2.22. The van der Waals surface area contributed by atoms with Gasteiger partial charge in [-0.1, -0.05) is 6.42 Å². The van der Waals surface area contributed by atoms with Crippen LogP contribution >= 0.6 is 0 Å². The highest BCUT2D eigenvalue weighted by Gasteiger charge is 2.26. The molecule has 23 heavy (non-hydrogen) atoms. The second-order valence-electron chi connectivity index (χ2n) is 6.00. The molecule has 3 N–H and O–H groups in total. The van der Waals surface area contributed by atoms with Crippen LogP contribution in [-0.2, 0) is 11.3 Å². The van der Waals surface area contributed by atoms with Crippen LogP contribution < -0.4 is 20.7 Å². The van der Waals surface area contributed by atoms with Crippen molar-refractivity contribution in [2.75, 3.05) is 6.54 Å². The van der Waals surface area contributed by atoms with Gasteiger partial charge in [0, 0.05) is 25.4 Å². The van der Waals surface area contributed by atoms with Gasteiger partial charge in [-0.25, -0.2) is 9.78 Å². The average Bonchev–Trinajstić information content (AvgIpc) is 3.01. The minimum Gasteiger partial charge on any atom is -0.474 e. The van der Waals surface area contributed by atoms with E-state index in [1.165, 1.54) is 19.3 Å². The van der Waals surface area contributed by atoms with Crippen LogP contribution in [0.3, 0.4) is 0 Å². The lowest BCUT2D eigenvalue weighted by atomic mass is 9.98. The lowest BCUT2D eigenvalue weighted by molar-refractivity contribution is -0.122. The number of aromatic nitrogens is 1. The van der Waals surface area contributed by atoms with Crippen molar-refractivity contribution in [3.63, 3.8) is 0 Å². The zero-order valence-electron chi connectivity index (χ0n) is 13.0. The molecule has 124 valence electrons. The summed E-state index contributed by atoms with van der Waals surface area (Å²) in [5.41, 5.74) is 0.927. The van der Waals surface area contributed by atoms with Gasteiger partial charge in [0.1, 0.15) is 12.1 Å². The normalized spacial score (nSPS) is 21.4. The lowest BCUT2D eigenvalue weighted by Crippen LogP contribution is -2.42. The Morgan fingerprint density at radius 2 is 2.17 bits per heavy atom. The van der Waals surface area contributed by atoms with Crippen LogP contribution in [0, 0.1) is 0 Å². The molecule has 0 bridgehead atoms. The molecule has 1 aromatic heterocycles. The van der Waals surface area contributed by atoms with Gasteiger partial charge in [0.2, 0.25) is 11.8 Å². The largest absolute Gasteiger partial charge is 0.474 e. The Kier molecular flexibility index (Phi) is 4.95. The molecule has 3 rings (SSSR count). The number of ether oxygens (including phenoxy) is 1. The zero-order chi connectivity index (χ0) is 16.1. The van der Waals surface area contributed by atoms with Gasteiger partial charge < -0.3 is 20.7 Å². The van der Waals surface area contributed by atoms with E-state index in [0.717, 1.165) is 18.4 Å². The van der Waals surface area contributed by atoms with E-state index < -0.39 is 6.04 Å². The molecular weight excluding hydrogens is 296 g/mol. The Morgan fingerprint density at radius 3 is 2.91 bits per heavy atom. The number of carbonyl (C=O) groups is 2. The quantitative estimate of drug-likeness (QED) is 0.758. The Morgan fingerprint density at radius 1 is 1.35 bits per heavy atom. The molecule has 0 radical (unpaired) electrons. The maximum absolute atomic E-state index is 12.0. The predicted molar refractivity (Wildman–Crippen MR) is 83.9 cm³/mol. The summed E-state index contributed by atoms with van der Waals surface area (Å²) < 4.78 is 5.93. The smallest absolute Gasteiger partial charge is 0.315 e. The Hall–Kier alpha value is -2.31. The number of pyridine rings is 1. The zero-order valence-corrected chi connectivity index (χ0v) is 13.0. The first-order valence-electron chi connectivity index (χ1n) is 8.14. The summed E-state index contributed by atoms with van der Waals surface area (Å²) in [5.74, 6) is 0.411. The third-order valence-electron chi connectivity index (χ3n) is 4.19. The number of carbonyl (C=O) groups excluding carboxylic acids is 2. The molecule has 1 atom stereocenters. The van der Waals surface area contributed by atoms with E-state index >= 15 is 0 Å². The lowest BCUT2D eigenvalue weighted by Gasteiger charge is -2.22. The second-order valence-corrected chi connectivity index (χ2v) is 6.00. The summed E-state index contributed by atoms with van der Waals surface area (Å²) in [6.07, 6.45) is 7.81. The number of hydrogen-bond acceptors (Lipinski definition) is 4. The molecule has 1 aromatic rings. The van der Waals surface area contributed by atoms with Crippen LogP contribution in [0.2, 0.25) is 0 Å². The Labute approximate surface area is 135 Å². The van der Waals surface area contributed by atoms with Crippen molar-refractivity contribution in [2.24, 2.45) is 0 Å². The fraction of sp³-hybridized carbons (Fsp3) is 0.562. The van der Waals surface area contributed by atoms with Gasteiger partial charge in [0.15, 0.2) is 0 Å². The fourth-order valence-corrected chi connectivity index (χ4v) is 2.90. The number of rotatable bonds is 5. The van der Waals surface area contributed by atoms with Crippen LogP contribution in [0.25, 0.3) is 0 Å². The topological polar surface area (TPSA) is 92.4 Å². The minimum atomic E-state index is -0.512. The van der Waals surface area contributed by atoms with Crippen LogP contribution in [0.5, 0.6) is 5.88 Å². The first-order chi connectivity index (χ1) is 11.2. The van der Waals surface area contributed by atoms with Crippen molar-refractivity contribution in [2.45, 2.75) is 50.8 Å². The van der Waals surface area contributed by atoms with Gasteiger partial charge in [-0.05, 0) is 37.3 Å². The maximum atomic E-state index is 12.0. The highest BCUT2D eigenvalue weighted by molar-refractivity contribution is 5.90. The molecule has 1 aliphatic heterocycles. The highest BCUT2D eigenvalue weighted by atomic mass is 16.5. The molecule has 3 amide bonds. The van der Waals surface area contributed by atoms with Crippen molar-refractivity contribution >= 4 is 11.9 Å². The van der Waals surface area contributed by atoms with Crippen LogP contribution in [0.15, 0.2) is 18.3 Å². The van der Waals surface area contributed by atoms with Gasteiger partial charge in [-0.2, -0.15) is 0 Å². The van der Waals surface area contributed by atoms with Gasteiger partial charge in [-0.3, -0.25) is 4.79 Å². The van der Waals surface area contributed by atoms with Gasteiger partial charge in [0.25, 0.3) is 0 Å². The number of urea groups is 1. The average molecular weight is 318 g/mol. The fourth-order valence-electron chi connectivity index (χ4n) is 2.90. The van der Waals surface area contributed by atoms with Crippen LogP contribution in [0.4, 0.5) is 4.79 Å². The Bertz CT molecular complexity index is 572. The number of hydrogen-bond donors (Lipinski definition) is 3. The summed E-state index contributed by atoms with van der Waals surface area (Å²) in [4.78, 5) is 27.2. The summed E-state index contributed by atoms with van der Waals surface area (Å²) in [6.45, 7) is 0.700. The van der Waals surface area contributed by atoms with Crippen molar-refractivity contribution < 1.29 is 14.3 Å². The van der Waals surface area contributed by atoms with Gasteiger partial charge in [-0.15, -0.1) is 0 Å². The molecule has 7 nitrogen and oxygen atoms in total. The van der Waals surface area contributed by atoms with Crippen LogP contribution in [-0.4, -0.2) is 35.6 Å². The molecule has 2 fully saturated rings. The molecule has 1 aliphatic carbocycles. The van der Waals surface area contributed by atoms with Crippen LogP contribution in [0.1, 0.15) is 37.7 Å². The SMILES string of the molecule is O=C1NC[C@@H](C(=O)NCc2ccnc(OC3CCCCC3)c2)N1. The monoisotopic (exact) mass is 318 g/mol. The van der Waals surface area contributed by atoms with E-state index in [2.05, 4.69) is 20.9 Å². The first-order valence-corrected chi connectivity index (χ1v) is 8.14. The van der Waals surface area contributed by atoms with Crippen molar-refractivity contribution in [3.05, 3.63) is 23.9 Å². The van der Waals surface area contributed by atoms with E-state index in [1.807, 2.05) is 12.1 Å². The molecule has 0 aromatic carbocycles. The molecular formula is C16H22N4O3. The van der Waals surface area contributed by atoms with E-state index in [9.17, 15) is 9.59 Å². The second kappa shape index (κ2) is 7.30. The van der Waals surface area contributed by atoms with E-state index in [-0.39, 0.29) is 18.0 Å². The summed E-state index contributed by atoms with van der Waals surface area (Å²) >= 11 is 0. The first kappa shape index (κ1) is 15.6. The third-order valence-corrected chi connectivity index (χ3v) is 4.19. The molecule has 1 saturated carbocycles. The standard InChI is InChI=1S/C16H22N4O3/c21-15(13-10-19-16(22)20-13)18-9-11-6-7-17-14(8-11)23-12-4-2-1-3-5-12/h6-8,12-13H,1-5,9-10H2,(H,18,21)(H2,19,20,22)/t13-/m0/s1. The Balaban J connectivity index is 1.50. The molecule has 1 saturated heterocycles. The molecule has 7 heteroatoms. The van der Waals surface area contributed by atoms with Gasteiger partial charge in [0.05, 0.1) is 0 Å².